The normalized spacial score (nSPS) is 37.4. The number of rotatable bonds is 3. The van der Waals surface area contributed by atoms with Crippen molar-refractivity contribution in [2.75, 3.05) is 7.11 Å². The predicted molar refractivity (Wildman–Crippen MR) is 112 cm³/mol. The summed E-state index contributed by atoms with van der Waals surface area (Å²) >= 11 is 0. The minimum atomic E-state index is -0.967. The summed E-state index contributed by atoms with van der Waals surface area (Å²) in [4.78, 5) is 51.2. The molecule has 1 aromatic carbocycles. The maximum Gasteiger partial charge on any atom is 0.309 e. The van der Waals surface area contributed by atoms with Crippen LogP contribution in [0.5, 0.6) is 0 Å². The number of methoxy groups -OCH3 is 1. The van der Waals surface area contributed by atoms with E-state index in [2.05, 4.69) is 0 Å². The van der Waals surface area contributed by atoms with E-state index >= 15 is 0 Å². The molecule has 0 heterocycles. The molecule has 3 saturated carbocycles. The molecule has 6 heteroatoms. The SMILES string of the molecule is COC(=O)[C@@H]1C[C@H](OC(C)=O)C(=O)[C@@H]2[C@H]3C[C@H](c4ccccc4)CC(=O)[C@@H]3CC[C@]21C. The summed E-state index contributed by atoms with van der Waals surface area (Å²) < 4.78 is 10.4. The summed E-state index contributed by atoms with van der Waals surface area (Å²) in [5.74, 6) is -2.22. The molecule has 0 spiro atoms. The van der Waals surface area contributed by atoms with Gasteiger partial charge in [-0.1, -0.05) is 37.3 Å². The van der Waals surface area contributed by atoms with Crippen molar-refractivity contribution in [3.63, 3.8) is 0 Å². The number of carbonyl (C=O) groups excluding carboxylic acids is 4. The molecule has 0 unspecified atom stereocenters. The van der Waals surface area contributed by atoms with Gasteiger partial charge < -0.3 is 9.47 Å². The van der Waals surface area contributed by atoms with Gasteiger partial charge in [-0.2, -0.15) is 0 Å². The molecular formula is C25H30O6. The molecule has 0 aliphatic heterocycles. The first kappa shape index (κ1) is 21.7. The summed E-state index contributed by atoms with van der Waals surface area (Å²) in [6.45, 7) is 3.25. The third kappa shape index (κ3) is 3.70. The number of ether oxygens (including phenoxy) is 2. The van der Waals surface area contributed by atoms with Gasteiger partial charge >= 0.3 is 11.9 Å². The maximum absolute atomic E-state index is 13.6. The lowest BCUT2D eigenvalue weighted by Crippen LogP contribution is -2.60. The van der Waals surface area contributed by atoms with E-state index in [1.54, 1.807) is 0 Å². The molecule has 3 aliphatic carbocycles. The van der Waals surface area contributed by atoms with Gasteiger partial charge in [0.2, 0.25) is 0 Å². The van der Waals surface area contributed by atoms with Gasteiger partial charge in [0.25, 0.3) is 0 Å². The standard InChI is InChI=1S/C25H30O6/c1-14(26)31-21-13-19(24(29)30-3)25(2)10-9-17-18(22(25)23(21)28)11-16(12-20(17)27)15-7-5-4-6-8-15/h4-8,16-19,21-22H,9-13H2,1-3H3/t16-,17+,18-,19-,21-,22-,25-/m0/s1. The van der Waals surface area contributed by atoms with Gasteiger partial charge in [0.15, 0.2) is 11.9 Å². The highest BCUT2D eigenvalue weighted by Gasteiger charge is 2.62. The van der Waals surface area contributed by atoms with E-state index in [9.17, 15) is 19.2 Å². The third-order valence-corrected chi connectivity index (χ3v) is 8.00. The molecule has 4 rings (SSSR count). The van der Waals surface area contributed by atoms with Crippen molar-refractivity contribution in [2.45, 2.75) is 58.0 Å². The molecule has 166 valence electrons. The number of hydrogen-bond acceptors (Lipinski definition) is 6. The Labute approximate surface area is 182 Å². The molecule has 0 saturated heterocycles. The number of hydrogen-bond donors (Lipinski definition) is 0. The van der Waals surface area contributed by atoms with E-state index in [4.69, 9.17) is 9.47 Å². The molecule has 6 nitrogen and oxygen atoms in total. The van der Waals surface area contributed by atoms with Crippen molar-refractivity contribution in [1.29, 1.82) is 0 Å². The van der Waals surface area contributed by atoms with Gasteiger partial charge in [0.1, 0.15) is 5.78 Å². The highest BCUT2D eigenvalue weighted by atomic mass is 16.5. The molecular weight excluding hydrogens is 396 g/mol. The summed E-state index contributed by atoms with van der Waals surface area (Å²) in [6.07, 6.45) is 1.66. The molecule has 1 aromatic rings. The Kier molecular flexibility index (Phi) is 5.75. The smallest absolute Gasteiger partial charge is 0.309 e. The van der Waals surface area contributed by atoms with Crippen molar-refractivity contribution in [2.24, 2.45) is 29.1 Å². The van der Waals surface area contributed by atoms with Gasteiger partial charge in [-0.05, 0) is 42.1 Å². The third-order valence-electron chi connectivity index (χ3n) is 8.00. The summed E-state index contributed by atoms with van der Waals surface area (Å²) in [6, 6.07) is 9.94. The Hall–Kier alpha value is -2.50. The second-order valence-corrected chi connectivity index (χ2v) is 9.62. The van der Waals surface area contributed by atoms with E-state index in [0.717, 1.165) is 5.56 Å². The first-order valence-corrected chi connectivity index (χ1v) is 11.1. The summed E-state index contributed by atoms with van der Waals surface area (Å²) in [7, 11) is 1.35. The Morgan fingerprint density at radius 2 is 1.81 bits per heavy atom. The molecule has 7 atom stereocenters. The Morgan fingerprint density at radius 1 is 1.10 bits per heavy atom. The van der Waals surface area contributed by atoms with Gasteiger partial charge in [-0.15, -0.1) is 0 Å². The van der Waals surface area contributed by atoms with Crippen LogP contribution < -0.4 is 0 Å². The highest BCUT2D eigenvalue weighted by molar-refractivity contribution is 5.93. The fourth-order valence-electron chi connectivity index (χ4n) is 6.58. The van der Waals surface area contributed by atoms with Crippen LogP contribution in [0, 0.1) is 29.1 Å². The van der Waals surface area contributed by atoms with Crippen LogP contribution in [0.3, 0.4) is 0 Å². The van der Waals surface area contributed by atoms with Gasteiger partial charge in [0, 0.05) is 31.6 Å². The highest BCUT2D eigenvalue weighted by Crippen LogP contribution is 2.60. The topological polar surface area (TPSA) is 86.7 Å². The minimum absolute atomic E-state index is 0.0516. The average Bonchev–Trinajstić information content (AvgIpc) is 2.75. The predicted octanol–water partition coefficient (Wildman–Crippen LogP) is 3.48. The Bertz CT molecular complexity index is 893. The molecule has 31 heavy (non-hydrogen) atoms. The zero-order valence-corrected chi connectivity index (χ0v) is 18.3. The number of Topliss-reactive ketones (excluding diaryl/α,β-unsaturated/α-hetero) is 2. The van der Waals surface area contributed by atoms with Crippen molar-refractivity contribution in [3.05, 3.63) is 35.9 Å². The summed E-state index contributed by atoms with van der Waals surface area (Å²) in [5, 5.41) is 0. The lowest BCUT2D eigenvalue weighted by atomic mass is 9.46. The average molecular weight is 427 g/mol. The Balaban J connectivity index is 1.73. The number of ketones is 2. The van der Waals surface area contributed by atoms with Crippen LogP contribution in [0.15, 0.2) is 30.3 Å². The monoisotopic (exact) mass is 426 g/mol. The van der Waals surface area contributed by atoms with Crippen LogP contribution in [-0.2, 0) is 28.7 Å². The van der Waals surface area contributed by atoms with E-state index in [1.807, 2.05) is 37.3 Å². The fraction of sp³-hybridized carbons (Fsp3) is 0.600. The van der Waals surface area contributed by atoms with Gasteiger partial charge in [-0.25, -0.2) is 0 Å². The van der Waals surface area contributed by atoms with Crippen molar-refractivity contribution < 1.29 is 28.7 Å². The van der Waals surface area contributed by atoms with E-state index in [1.165, 1.54) is 14.0 Å². The largest absolute Gasteiger partial charge is 0.469 e. The van der Waals surface area contributed by atoms with Crippen LogP contribution in [0.25, 0.3) is 0 Å². The number of carbonyl (C=O) groups is 4. The zero-order chi connectivity index (χ0) is 22.3. The summed E-state index contributed by atoms with van der Waals surface area (Å²) in [5.41, 5.74) is 0.492. The van der Waals surface area contributed by atoms with Gasteiger partial charge in [-0.3, -0.25) is 19.2 Å². The van der Waals surface area contributed by atoms with Gasteiger partial charge in [0.05, 0.1) is 13.0 Å². The number of benzene rings is 1. The Morgan fingerprint density at radius 3 is 2.45 bits per heavy atom. The first-order valence-electron chi connectivity index (χ1n) is 11.1. The first-order chi connectivity index (χ1) is 14.8. The zero-order valence-electron chi connectivity index (χ0n) is 18.3. The van der Waals surface area contributed by atoms with Crippen LogP contribution in [0.1, 0.15) is 57.4 Å². The van der Waals surface area contributed by atoms with Crippen LogP contribution in [-0.4, -0.2) is 36.7 Å². The van der Waals surface area contributed by atoms with Crippen LogP contribution in [0.2, 0.25) is 0 Å². The van der Waals surface area contributed by atoms with Crippen molar-refractivity contribution in [1.82, 2.24) is 0 Å². The lowest BCUT2D eigenvalue weighted by Gasteiger charge is -2.56. The molecule has 3 aliphatic rings. The van der Waals surface area contributed by atoms with Crippen LogP contribution >= 0.6 is 0 Å². The lowest BCUT2D eigenvalue weighted by molar-refractivity contribution is -0.183. The maximum atomic E-state index is 13.6. The van der Waals surface area contributed by atoms with Crippen molar-refractivity contribution in [3.8, 4) is 0 Å². The molecule has 0 N–H and O–H groups in total. The molecule has 3 fully saturated rings. The molecule has 0 aromatic heterocycles. The second-order valence-electron chi connectivity index (χ2n) is 9.62. The molecule has 0 bridgehead atoms. The van der Waals surface area contributed by atoms with E-state index in [0.29, 0.717) is 25.7 Å². The quantitative estimate of drug-likeness (QED) is 0.688. The van der Waals surface area contributed by atoms with Crippen LogP contribution in [0.4, 0.5) is 0 Å². The second kappa shape index (κ2) is 8.21. The van der Waals surface area contributed by atoms with E-state index in [-0.39, 0.29) is 41.7 Å². The molecule has 0 amide bonds. The number of fused-ring (bicyclic) bond motifs is 3. The number of esters is 2. The van der Waals surface area contributed by atoms with Crippen molar-refractivity contribution >= 4 is 23.5 Å². The fourth-order valence-corrected chi connectivity index (χ4v) is 6.58. The van der Waals surface area contributed by atoms with E-state index < -0.39 is 29.3 Å². The minimum Gasteiger partial charge on any atom is -0.469 e. The molecule has 0 radical (unpaired) electrons.